The summed E-state index contributed by atoms with van der Waals surface area (Å²) in [5.41, 5.74) is 1.82. The Bertz CT molecular complexity index is 987. The number of nitrogens with zero attached hydrogens (tertiary/aromatic N) is 1. The van der Waals surface area contributed by atoms with Gasteiger partial charge in [-0.25, -0.2) is 0 Å². The minimum absolute atomic E-state index is 0.00585. The number of fused-ring (bicyclic) bond motifs is 1. The van der Waals surface area contributed by atoms with E-state index in [1.807, 2.05) is 53.4 Å². The lowest BCUT2D eigenvalue weighted by Gasteiger charge is -2.25. The zero-order chi connectivity index (χ0) is 19.5. The van der Waals surface area contributed by atoms with Gasteiger partial charge in [0.25, 0.3) is 0 Å². The molecule has 1 aromatic heterocycles. The molecule has 1 aliphatic heterocycles. The van der Waals surface area contributed by atoms with Crippen molar-refractivity contribution in [1.82, 2.24) is 4.90 Å². The molecule has 4 rings (SSSR count). The molecule has 1 aliphatic rings. The highest BCUT2D eigenvalue weighted by molar-refractivity contribution is 5.92. The van der Waals surface area contributed by atoms with Crippen molar-refractivity contribution < 1.29 is 18.7 Å². The van der Waals surface area contributed by atoms with E-state index < -0.39 is 0 Å². The van der Waals surface area contributed by atoms with Crippen LogP contribution in [0, 0.1) is 0 Å². The maximum atomic E-state index is 12.9. The molecule has 1 saturated heterocycles. The van der Waals surface area contributed by atoms with Crippen LogP contribution in [0.25, 0.3) is 17.0 Å². The first-order chi connectivity index (χ1) is 13.7. The van der Waals surface area contributed by atoms with Crippen molar-refractivity contribution in [2.24, 2.45) is 0 Å². The number of hydrogen-bond acceptors (Lipinski definition) is 4. The van der Waals surface area contributed by atoms with Gasteiger partial charge in [0, 0.05) is 29.6 Å². The highest BCUT2D eigenvalue weighted by Gasteiger charge is 2.31. The van der Waals surface area contributed by atoms with Crippen LogP contribution in [-0.4, -0.2) is 31.6 Å². The molecule has 1 amide bonds. The quantitative estimate of drug-likeness (QED) is 0.598. The summed E-state index contributed by atoms with van der Waals surface area (Å²) in [6.45, 7) is 0.725. The molecule has 1 unspecified atom stereocenters. The van der Waals surface area contributed by atoms with E-state index in [-0.39, 0.29) is 11.9 Å². The first-order valence-electron chi connectivity index (χ1n) is 9.39. The molecule has 5 heteroatoms. The van der Waals surface area contributed by atoms with E-state index in [2.05, 4.69) is 0 Å². The molecule has 0 bridgehead atoms. The van der Waals surface area contributed by atoms with Gasteiger partial charge < -0.3 is 18.8 Å². The Morgan fingerprint density at radius 1 is 1.14 bits per heavy atom. The molecule has 28 heavy (non-hydrogen) atoms. The van der Waals surface area contributed by atoms with Crippen molar-refractivity contribution in [2.45, 2.75) is 18.9 Å². The lowest BCUT2D eigenvalue weighted by molar-refractivity contribution is -0.126. The number of benzene rings is 2. The molecule has 0 spiro atoms. The van der Waals surface area contributed by atoms with E-state index in [4.69, 9.17) is 13.9 Å². The van der Waals surface area contributed by atoms with E-state index in [9.17, 15) is 4.79 Å². The van der Waals surface area contributed by atoms with Crippen LogP contribution in [0.3, 0.4) is 0 Å². The minimum atomic E-state index is -0.0270. The maximum Gasteiger partial charge on any atom is 0.247 e. The predicted octanol–water partition coefficient (Wildman–Crippen LogP) is 4.83. The molecule has 0 N–H and O–H groups in total. The van der Waals surface area contributed by atoms with Gasteiger partial charge in [0.15, 0.2) is 0 Å². The maximum absolute atomic E-state index is 12.9. The number of furan rings is 1. The Morgan fingerprint density at radius 3 is 2.79 bits per heavy atom. The first kappa shape index (κ1) is 18.2. The number of methoxy groups -OCH3 is 2. The number of ether oxygens (including phenoxy) is 2. The van der Waals surface area contributed by atoms with E-state index in [1.54, 1.807) is 26.4 Å². The molecular formula is C23H23NO4. The average Bonchev–Trinajstić information content (AvgIpc) is 3.38. The summed E-state index contributed by atoms with van der Waals surface area (Å²) in [7, 11) is 3.27. The van der Waals surface area contributed by atoms with Gasteiger partial charge in [-0.2, -0.15) is 0 Å². The van der Waals surface area contributed by atoms with Crippen molar-refractivity contribution in [1.29, 1.82) is 0 Å². The second kappa shape index (κ2) is 7.80. The Kier molecular flexibility index (Phi) is 5.06. The molecule has 1 fully saturated rings. The number of hydrogen-bond donors (Lipinski definition) is 0. The van der Waals surface area contributed by atoms with Crippen LogP contribution in [0.1, 0.15) is 30.2 Å². The third-order valence-electron chi connectivity index (χ3n) is 5.17. The second-order valence-electron chi connectivity index (χ2n) is 6.82. The zero-order valence-electron chi connectivity index (χ0n) is 16.1. The number of likely N-dealkylation sites (tertiary alicyclic amines) is 1. The third kappa shape index (κ3) is 3.48. The lowest BCUT2D eigenvalue weighted by atomic mass is 10.0. The monoisotopic (exact) mass is 377 g/mol. The summed E-state index contributed by atoms with van der Waals surface area (Å²) < 4.78 is 16.6. The Balaban J connectivity index is 1.55. The van der Waals surface area contributed by atoms with Crippen LogP contribution in [-0.2, 0) is 4.79 Å². The highest BCUT2D eigenvalue weighted by atomic mass is 16.5. The van der Waals surface area contributed by atoms with Crippen LogP contribution >= 0.6 is 0 Å². The van der Waals surface area contributed by atoms with E-state index in [0.717, 1.165) is 47.4 Å². The smallest absolute Gasteiger partial charge is 0.247 e. The van der Waals surface area contributed by atoms with Crippen LogP contribution in [0.4, 0.5) is 0 Å². The summed E-state index contributed by atoms with van der Waals surface area (Å²) in [6, 6.07) is 15.5. The summed E-state index contributed by atoms with van der Waals surface area (Å²) in [4.78, 5) is 14.8. The lowest BCUT2D eigenvalue weighted by Crippen LogP contribution is -2.29. The van der Waals surface area contributed by atoms with E-state index >= 15 is 0 Å². The van der Waals surface area contributed by atoms with Crippen molar-refractivity contribution in [3.05, 3.63) is 65.9 Å². The van der Waals surface area contributed by atoms with Gasteiger partial charge in [0.1, 0.15) is 22.8 Å². The SMILES string of the molecule is COc1ccc(C2CCCN2C(=O)C=Cc2cc3ccccc3o2)c(OC)c1. The van der Waals surface area contributed by atoms with Gasteiger partial charge in [0.2, 0.25) is 5.91 Å². The van der Waals surface area contributed by atoms with Crippen molar-refractivity contribution in [3.8, 4) is 11.5 Å². The summed E-state index contributed by atoms with van der Waals surface area (Å²) in [6.07, 6.45) is 5.20. The second-order valence-corrected chi connectivity index (χ2v) is 6.82. The van der Waals surface area contributed by atoms with Gasteiger partial charge in [0.05, 0.1) is 20.3 Å². The number of para-hydroxylation sites is 1. The molecule has 0 saturated carbocycles. The van der Waals surface area contributed by atoms with Gasteiger partial charge in [-0.05, 0) is 43.2 Å². The molecule has 5 nitrogen and oxygen atoms in total. The van der Waals surface area contributed by atoms with Crippen LogP contribution < -0.4 is 9.47 Å². The number of amides is 1. The number of carbonyl (C=O) groups is 1. The first-order valence-corrected chi connectivity index (χ1v) is 9.39. The fourth-order valence-electron chi connectivity index (χ4n) is 3.78. The van der Waals surface area contributed by atoms with Crippen molar-refractivity contribution >= 4 is 23.0 Å². The standard InChI is InChI=1S/C23H23NO4/c1-26-17-9-11-19(22(15-17)27-2)20-7-5-13-24(20)23(25)12-10-18-14-16-6-3-4-8-21(16)28-18/h3-4,6,8-12,14-15,20H,5,7,13H2,1-2H3. The normalized spacial score (nSPS) is 16.8. The van der Waals surface area contributed by atoms with E-state index in [1.165, 1.54) is 0 Å². The Morgan fingerprint density at radius 2 is 2.00 bits per heavy atom. The van der Waals surface area contributed by atoms with Crippen LogP contribution in [0.15, 0.2) is 59.0 Å². The summed E-state index contributed by atoms with van der Waals surface area (Å²) in [5, 5.41) is 1.02. The van der Waals surface area contributed by atoms with Gasteiger partial charge in [-0.15, -0.1) is 0 Å². The zero-order valence-corrected chi connectivity index (χ0v) is 16.1. The van der Waals surface area contributed by atoms with Crippen LogP contribution in [0.5, 0.6) is 11.5 Å². The minimum Gasteiger partial charge on any atom is -0.497 e. The summed E-state index contributed by atoms with van der Waals surface area (Å²) >= 11 is 0. The topological polar surface area (TPSA) is 51.9 Å². The molecule has 2 heterocycles. The molecule has 2 aromatic carbocycles. The van der Waals surface area contributed by atoms with Crippen molar-refractivity contribution in [3.63, 3.8) is 0 Å². The average molecular weight is 377 g/mol. The predicted molar refractivity (Wildman–Crippen MR) is 108 cm³/mol. The van der Waals surface area contributed by atoms with Gasteiger partial charge in [-0.3, -0.25) is 4.79 Å². The largest absolute Gasteiger partial charge is 0.497 e. The molecule has 0 radical (unpaired) electrons. The van der Waals surface area contributed by atoms with Crippen molar-refractivity contribution in [2.75, 3.05) is 20.8 Å². The fourth-order valence-corrected chi connectivity index (χ4v) is 3.78. The third-order valence-corrected chi connectivity index (χ3v) is 5.17. The van der Waals surface area contributed by atoms with Gasteiger partial charge >= 0.3 is 0 Å². The Hall–Kier alpha value is -3.21. The Labute approximate surface area is 164 Å². The van der Waals surface area contributed by atoms with Crippen LogP contribution in [0.2, 0.25) is 0 Å². The van der Waals surface area contributed by atoms with E-state index in [0.29, 0.717) is 5.76 Å². The number of carbonyl (C=O) groups excluding carboxylic acids is 1. The number of rotatable bonds is 5. The molecule has 144 valence electrons. The molecule has 0 aliphatic carbocycles. The highest BCUT2D eigenvalue weighted by Crippen LogP contribution is 2.38. The fraction of sp³-hybridized carbons (Fsp3) is 0.261. The molecule has 3 aromatic rings. The molecular weight excluding hydrogens is 354 g/mol. The molecule has 1 atom stereocenters. The van der Waals surface area contributed by atoms with Gasteiger partial charge in [-0.1, -0.05) is 18.2 Å². The summed E-state index contributed by atoms with van der Waals surface area (Å²) in [5.74, 6) is 2.12.